The molecule has 0 unspecified atom stereocenters. The molecule has 6 rings (SSSR count). The summed E-state index contributed by atoms with van der Waals surface area (Å²) >= 11 is 0. The van der Waals surface area contributed by atoms with Crippen molar-refractivity contribution in [3.8, 4) is 39.5 Å². The molecule has 2 aromatic carbocycles. The minimum Gasteiger partial charge on any atom is -0.497 e. The highest BCUT2D eigenvalue weighted by Crippen LogP contribution is 2.35. The summed E-state index contributed by atoms with van der Waals surface area (Å²) in [4.78, 5) is 12.6. The second-order valence-electron chi connectivity index (χ2n) is 8.19. The monoisotopic (exact) mass is 449 g/mol. The summed E-state index contributed by atoms with van der Waals surface area (Å²) in [7, 11) is 1.53. The van der Waals surface area contributed by atoms with Gasteiger partial charge in [-0.1, -0.05) is 12.1 Å². The first-order valence-corrected chi connectivity index (χ1v) is 10.8. The Kier molecular flexibility index (Phi) is 4.62. The van der Waals surface area contributed by atoms with Crippen molar-refractivity contribution in [3.63, 3.8) is 0 Å². The molecular formula is C27H20FN5O. The molecule has 2 N–H and O–H groups in total. The molecule has 34 heavy (non-hydrogen) atoms. The van der Waals surface area contributed by atoms with Gasteiger partial charge in [0.1, 0.15) is 22.8 Å². The number of rotatable bonds is 4. The predicted molar refractivity (Wildman–Crippen MR) is 131 cm³/mol. The number of methoxy groups -OCH3 is 1. The number of aryl methyl sites for hydroxylation is 1. The highest BCUT2D eigenvalue weighted by atomic mass is 19.1. The first-order chi connectivity index (χ1) is 16.6. The van der Waals surface area contributed by atoms with E-state index < -0.39 is 0 Å². The molecule has 6 aromatic rings. The smallest absolute Gasteiger partial charge is 0.135 e. The standard InChI is InChI=1S/C27H20FN5O/c1-15-8-9-29-14-21(15)23-6-7-24-26(31-23)27(33-32-24)25-13-20-19(4-3-5-22(20)30-25)16-10-17(28)12-18(11-16)34-2/h3-14,30H,1-2H3,(H,32,33). The number of hydrogen-bond acceptors (Lipinski definition) is 4. The van der Waals surface area contributed by atoms with Crippen LogP contribution in [-0.2, 0) is 0 Å². The van der Waals surface area contributed by atoms with Gasteiger partial charge in [-0.3, -0.25) is 10.1 Å². The Balaban J connectivity index is 1.51. The number of pyridine rings is 2. The Morgan fingerprint density at radius 3 is 2.71 bits per heavy atom. The van der Waals surface area contributed by atoms with Gasteiger partial charge in [0, 0.05) is 34.9 Å². The Bertz CT molecular complexity index is 1680. The van der Waals surface area contributed by atoms with Gasteiger partial charge in [-0.05, 0) is 66.1 Å². The van der Waals surface area contributed by atoms with Gasteiger partial charge in [0.25, 0.3) is 0 Å². The number of fused-ring (bicyclic) bond motifs is 2. The predicted octanol–water partition coefficient (Wildman–Crippen LogP) is 6.29. The minimum atomic E-state index is -0.345. The van der Waals surface area contributed by atoms with Gasteiger partial charge in [0.2, 0.25) is 0 Å². The van der Waals surface area contributed by atoms with Gasteiger partial charge in [-0.2, -0.15) is 5.10 Å². The molecule has 0 aliphatic heterocycles. The van der Waals surface area contributed by atoms with Crippen molar-refractivity contribution in [2.45, 2.75) is 6.92 Å². The van der Waals surface area contributed by atoms with E-state index in [0.29, 0.717) is 5.75 Å². The zero-order valence-corrected chi connectivity index (χ0v) is 18.6. The van der Waals surface area contributed by atoms with E-state index in [2.05, 4.69) is 20.2 Å². The quantitative estimate of drug-likeness (QED) is 0.331. The third-order valence-electron chi connectivity index (χ3n) is 6.06. The molecule has 4 heterocycles. The highest BCUT2D eigenvalue weighted by molar-refractivity contribution is 6.00. The fourth-order valence-corrected chi connectivity index (χ4v) is 4.34. The maximum atomic E-state index is 14.2. The number of nitrogens with one attached hydrogen (secondary N) is 2. The van der Waals surface area contributed by atoms with Crippen molar-refractivity contribution in [2.75, 3.05) is 7.11 Å². The second kappa shape index (κ2) is 7.81. The third-order valence-corrected chi connectivity index (χ3v) is 6.06. The van der Waals surface area contributed by atoms with E-state index >= 15 is 0 Å². The Labute approximate surface area is 194 Å². The van der Waals surface area contributed by atoms with Crippen molar-refractivity contribution in [2.24, 2.45) is 0 Å². The molecule has 0 aliphatic carbocycles. The first kappa shape index (κ1) is 20.1. The lowest BCUT2D eigenvalue weighted by molar-refractivity contribution is 0.411. The number of aromatic nitrogens is 5. The van der Waals surface area contributed by atoms with E-state index in [4.69, 9.17) is 9.72 Å². The molecule has 4 aromatic heterocycles. The molecule has 0 aliphatic rings. The average Bonchev–Trinajstić information content (AvgIpc) is 3.47. The van der Waals surface area contributed by atoms with Crippen molar-refractivity contribution >= 4 is 21.9 Å². The van der Waals surface area contributed by atoms with Crippen LogP contribution in [0, 0.1) is 12.7 Å². The molecule has 166 valence electrons. The molecular weight excluding hydrogens is 429 g/mol. The van der Waals surface area contributed by atoms with E-state index in [1.54, 1.807) is 6.20 Å². The summed E-state index contributed by atoms with van der Waals surface area (Å²) in [5.41, 5.74) is 8.64. The molecule has 0 bridgehead atoms. The summed E-state index contributed by atoms with van der Waals surface area (Å²) in [6.07, 6.45) is 3.60. The fraction of sp³-hybridized carbons (Fsp3) is 0.0741. The average molecular weight is 449 g/mol. The van der Waals surface area contributed by atoms with Gasteiger partial charge in [0.05, 0.1) is 24.0 Å². The van der Waals surface area contributed by atoms with Crippen molar-refractivity contribution in [3.05, 3.63) is 84.4 Å². The number of hydrogen-bond donors (Lipinski definition) is 2. The number of nitrogens with zero attached hydrogens (tertiary/aromatic N) is 3. The molecule has 0 spiro atoms. The van der Waals surface area contributed by atoms with Gasteiger partial charge >= 0.3 is 0 Å². The summed E-state index contributed by atoms with van der Waals surface area (Å²) < 4.78 is 19.5. The molecule has 0 fully saturated rings. The van der Waals surface area contributed by atoms with Crippen LogP contribution in [0.1, 0.15) is 5.56 Å². The van der Waals surface area contributed by atoms with Crippen LogP contribution in [0.3, 0.4) is 0 Å². The molecule has 0 amide bonds. The Morgan fingerprint density at radius 2 is 1.85 bits per heavy atom. The number of ether oxygens (including phenoxy) is 1. The van der Waals surface area contributed by atoms with Gasteiger partial charge in [0.15, 0.2) is 0 Å². The Morgan fingerprint density at radius 1 is 0.941 bits per heavy atom. The van der Waals surface area contributed by atoms with Gasteiger partial charge < -0.3 is 9.72 Å². The van der Waals surface area contributed by atoms with Gasteiger partial charge in [-0.15, -0.1) is 0 Å². The molecule has 6 nitrogen and oxygen atoms in total. The maximum absolute atomic E-state index is 14.2. The zero-order chi connectivity index (χ0) is 23.2. The lowest BCUT2D eigenvalue weighted by atomic mass is 10.0. The lowest BCUT2D eigenvalue weighted by Gasteiger charge is -2.07. The fourth-order valence-electron chi connectivity index (χ4n) is 4.34. The Hall–Kier alpha value is -4.52. The van der Waals surface area contributed by atoms with E-state index in [1.165, 1.54) is 19.2 Å². The number of halogens is 1. The molecule has 0 atom stereocenters. The summed E-state index contributed by atoms with van der Waals surface area (Å²) in [6.45, 7) is 2.04. The first-order valence-electron chi connectivity index (χ1n) is 10.8. The van der Waals surface area contributed by atoms with Crippen LogP contribution in [0.4, 0.5) is 4.39 Å². The third kappa shape index (κ3) is 3.29. The maximum Gasteiger partial charge on any atom is 0.135 e. The van der Waals surface area contributed by atoms with Crippen LogP contribution in [0.5, 0.6) is 5.75 Å². The zero-order valence-electron chi connectivity index (χ0n) is 18.6. The van der Waals surface area contributed by atoms with Crippen molar-refractivity contribution < 1.29 is 9.13 Å². The summed E-state index contributed by atoms with van der Waals surface area (Å²) in [5, 5.41) is 8.59. The van der Waals surface area contributed by atoms with E-state index in [-0.39, 0.29) is 5.82 Å². The van der Waals surface area contributed by atoms with Crippen LogP contribution < -0.4 is 4.74 Å². The van der Waals surface area contributed by atoms with Crippen LogP contribution >= 0.6 is 0 Å². The van der Waals surface area contributed by atoms with Crippen molar-refractivity contribution in [1.29, 1.82) is 0 Å². The molecule has 7 heteroatoms. The molecule has 0 saturated heterocycles. The van der Waals surface area contributed by atoms with Crippen LogP contribution in [0.15, 0.2) is 73.1 Å². The van der Waals surface area contributed by atoms with Crippen LogP contribution in [0.25, 0.3) is 55.7 Å². The SMILES string of the molecule is COc1cc(F)cc(-c2cccc3[nH]c(-c4n[nH]c5ccc(-c6cnccc6C)nc45)cc23)c1. The largest absolute Gasteiger partial charge is 0.497 e. The van der Waals surface area contributed by atoms with Crippen LogP contribution in [-0.4, -0.2) is 32.3 Å². The van der Waals surface area contributed by atoms with E-state index in [1.807, 2.05) is 61.7 Å². The molecule has 0 radical (unpaired) electrons. The van der Waals surface area contributed by atoms with Crippen LogP contribution in [0.2, 0.25) is 0 Å². The van der Waals surface area contributed by atoms with E-state index in [0.717, 1.165) is 61.3 Å². The minimum absolute atomic E-state index is 0.345. The number of aromatic amines is 2. The number of benzene rings is 2. The summed E-state index contributed by atoms with van der Waals surface area (Å²) in [5.74, 6) is 0.131. The highest BCUT2D eigenvalue weighted by Gasteiger charge is 2.16. The summed E-state index contributed by atoms with van der Waals surface area (Å²) in [6, 6.07) is 18.6. The topological polar surface area (TPSA) is 79.5 Å². The normalized spacial score (nSPS) is 11.4. The second-order valence-corrected chi connectivity index (χ2v) is 8.19. The molecule has 0 saturated carbocycles. The van der Waals surface area contributed by atoms with Gasteiger partial charge in [-0.25, -0.2) is 9.37 Å². The van der Waals surface area contributed by atoms with Crippen molar-refractivity contribution in [1.82, 2.24) is 25.1 Å². The number of H-pyrrole nitrogens is 2. The lowest BCUT2D eigenvalue weighted by Crippen LogP contribution is -1.89. The van der Waals surface area contributed by atoms with E-state index in [9.17, 15) is 4.39 Å².